The SMILES string of the molecule is CCNC(=O)COc1cccc(/C(C)=N/O)c1. The molecule has 92 valence electrons. The summed E-state index contributed by atoms with van der Waals surface area (Å²) in [6.45, 7) is 4.09. The van der Waals surface area contributed by atoms with Crippen molar-refractivity contribution in [2.75, 3.05) is 13.2 Å². The van der Waals surface area contributed by atoms with E-state index in [-0.39, 0.29) is 12.5 Å². The smallest absolute Gasteiger partial charge is 0.257 e. The number of rotatable bonds is 5. The fourth-order valence-electron chi connectivity index (χ4n) is 1.27. The van der Waals surface area contributed by atoms with Gasteiger partial charge in [-0.25, -0.2) is 0 Å². The molecule has 0 unspecified atom stereocenters. The van der Waals surface area contributed by atoms with Gasteiger partial charge in [0.05, 0.1) is 5.71 Å². The van der Waals surface area contributed by atoms with Gasteiger partial charge in [0.25, 0.3) is 5.91 Å². The minimum atomic E-state index is -0.162. The monoisotopic (exact) mass is 236 g/mol. The van der Waals surface area contributed by atoms with Gasteiger partial charge in [-0.15, -0.1) is 0 Å². The second-order valence-corrected chi connectivity index (χ2v) is 3.46. The maximum Gasteiger partial charge on any atom is 0.257 e. The summed E-state index contributed by atoms with van der Waals surface area (Å²) in [6.07, 6.45) is 0. The average molecular weight is 236 g/mol. The summed E-state index contributed by atoms with van der Waals surface area (Å²) in [5.74, 6) is 0.405. The zero-order chi connectivity index (χ0) is 12.7. The van der Waals surface area contributed by atoms with Crippen LogP contribution in [0, 0.1) is 0 Å². The van der Waals surface area contributed by atoms with E-state index in [0.29, 0.717) is 18.0 Å². The van der Waals surface area contributed by atoms with E-state index < -0.39 is 0 Å². The van der Waals surface area contributed by atoms with Gasteiger partial charge in [-0.2, -0.15) is 0 Å². The van der Waals surface area contributed by atoms with Crippen molar-refractivity contribution in [2.24, 2.45) is 5.16 Å². The third-order valence-corrected chi connectivity index (χ3v) is 2.15. The maximum atomic E-state index is 11.2. The number of likely N-dealkylation sites (N-methyl/N-ethyl adjacent to an activating group) is 1. The van der Waals surface area contributed by atoms with Crippen molar-refractivity contribution in [1.82, 2.24) is 5.32 Å². The minimum absolute atomic E-state index is 0.0212. The summed E-state index contributed by atoms with van der Waals surface area (Å²) in [7, 11) is 0. The van der Waals surface area contributed by atoms with Crippen LogP contribution in [0.2, 0.25) is 0 Å². The van der Waals surface area contributed by atoms with E-state index in [1.807, 2.05) is 6.92 Å². The van der Waals surface area contributed by atoms with Crippen molar-refractivity contribution in [3.8, 4) is 5.75 Å². The largest absolute Gasteiger partial charge is 0.484 e. The fourth-order valence-corrected chi connectivity index (χ4v) is 1.27. The number of nitrogens with zero attached hydrogens (tertiary/aromatic N) is 1. The minimum Gasteiger partial charge on any atom is -0.484 e. The van der Waals surface area contributed by atoms with Gasteiger partial charge >= 0.3 is 0 Å². The van der Waals surface area contributed by atoms with Crippen LogP contribution in [0.15, 0.2) is 29.4 Å². The molecule has 1 rings (SSSR count). The van der Waals surface area contributed by atoms with Crippen LogP contribution in [-0.4, -0.2) is 30.0 Å². The number of carbonyl (C=O) groups excluding carboxylic acids is 1. The van der Waals surface area contributed by atoms with Crippen LogP contribution in [0.1, 0.15) is 19.4 Å². The predicted octanol–water partition coefficient (Wildman–Crippen LogP) is 1.40. The highest BCUT2D eigenvalue weighted by atomic mass is 16.5. The Bertz CT molecular complexity index is 416. The first-order valence-corrected chi connectivity index (χ1v) is 5.36. The van der Waals surface area contributed by atoms with Crippen molar-refractivity contribution in [3.05, 3.63) is 29.8 Å². The van der Waals surface area contributed by atoms with Crippen LogP contribution in [0.25, 0.3) is 0 Å². The zero-order valence-electron chi connectivity index (χ0n) is 9.93. The first-order chi connectivity index (χ1) is 8.17. The molecule has 0 saturated heterocycles. The Morgan fingerprint density at radius 1 is 1.53 bits per heavy atom. The van der Waals surface area contributed by atoms with Crippen molar-refractivity contribution >= 4 is 11.6 Å². The standard InChI is InChI=1S/C12H16N2O3/c1-3-13-12(15)8-17-11-6-4-5-10(7-11)9(2)14-16/h4-7,16H,3,8H2,1-2H3,(H,13,15)/b14-9+. The van der Waals surface area contributed by atoms with Gasteiger partial charge in [0.15, 0.2) is 6.61 Å². The topological polar surface area (TPSA) is 70.9 Å². The van der Waals surface area contributed by atoms with Crippen LogP contribution in [0.3, 0.4) is 0 Å². The third-order valence-electron chi connectivity index (χ3n) is 2.15. The summed E-state index contributed by atoms with van der Waals surface area (Å²) in [6, 6.07) is 7.03. The molecule has 1 aromatic carbocycles. The molecule has 1 aromatic rings. The molecular formula is C12H16N2O3. The molecule has 5 nitrogen and oxygen atoms in total. The van der Waals surface area contributed by atoms with Crippen LogP contribution in [0.5, 0.6) is 5.75 Å². The lowest BCUT2D eigenvalue weighted by Gasteiger charge is -2.07. The van der Waals surface area contributed by atoms with Gasteiger partial charge in [0.1, 0.15) is 5.75 Å². The Morgan fingerprint density at radius 2 is 2.29 bits per heavy atom. The Labute approximate surface area is 100 Å². The number of amides is 1. The number of oxime groups is 1. The second-order valence-electron chi connectivity index (χ2n) is 3.46. The molecule has 0 heterocycles. The van der Waals surface area contributed by atoms with Crippen LogP contribution in [-0.2, 0) is 4.79 Å². The highest BCUT2D eigenvalue weighted by molar-refractivity contribution is 5.98. The summed E-state index contributed by atoms with van der Waals surface area (Å²) in [5, 5.41) is 14.4. The summed E-state index contributed by atoms with van der Waals surface area (Å²) in [5.41, 5.74) is 1.24. The van der Waals surface area contributed by atoms with Crippen molar-refractivity contribution < 1.29 is 14.7 Å². The van der Waals surface area contributed by atoms with E-state index in [0.717, 1.165) is 5.56 Å². The molecule has 5 heteroatoms. The van der Waals surface area contributed by atoms with Gasteiger partial charge in [0, 0.05) is 12.1 Å². The fraction of sp³-hybridized carbons (Fsp3) is 0.333. The summed E-state index contributed by atoms with van der Waals surface area (Å²) in [4.78, 5) is 11.2. The zero-order valence-corrected chi connectivity index (χ0v) is 9.93. The van der Waals surface area contributed by atoms with Gasteiger partial charge in [-0.3, -0.25) is 4.79 Å². The van der Waals surface area contributed by atoms with Gasteiger partial charge in [-0.05, 0) is 26.0 Å². The molecule has 0 spiro atoms. The van der Waals surface area contributed by atoms with E-state index in [1.54, 1.807) is 31.2 Å². The molecule has 0 saturated carbocycles. The Balaban J connectivity index is 2.63. The van der Waals surface area contributed by atoms with Crippen LogP contribution >= 0.6 is 0 Å². The maximum absolute atomic E-state index is 11.2. The van der Waals surface area contributed by atoms with Crippen LogP contribution < -0.4 is 10.1 Å². The summed E-state index contributed by atoms with van der Waals surface area (Å²) >= 11 is 0. The molecule has 1 amide bonds. The van der Waals surface area contributed by atoms with E-state index in [1.165, 1.54) is 0 Å². The number of hydrogen-bond donors (Lipinski definition) is 2. The lowest BCUT2D eigenvalue weighted by atomic mass is 10.1. The summed E-state index contributed by atoms with van der Waals surface area (Å²) < 4.78 is 5.31. The Kier molecular flexibility index (Phi) is 5.00. The molecule has 0 bridgehead atoms. The Morgan fingerprint density at radius 3 is 2.94 bits per heavy atom. The molecule has 0 radical (unpaired) electrons. The van der Waals surface area contributed by atoms with Gasteiger partial charge in [-0.1, -0.05) is 17.3 Å². The lowest BCUT2D eigenvalue weighted by molar-refractivity contribution is -0.122. The number of benzene rings is 1. The third kappa shape index (κ3) is 4.14. The van der Waals surface area contributed by atoms with E-state index >= 15 is 0 Å². The van der Waals surface area contributed by atoms with E-state index in [4.69, 9.17) is 9.94 Å². The average Bonchev–Trinajstić information content (AvgIpc) is 2.36. The quantitative estimate of drug-likeness (QED) is 0.461. The first kappa shape index (κ1) is 13.0. The molecule has 0 fully saturated rings. The molecule has 17 heavy (non-hydrogen) atoms. The molecule has 0 aliphatic heterocycles. The van der Waals surface area contributed by atoms with Gasteiger partial charge in [0.2, 0.25) is 0 Å². The molecule has 2 N–H and O–H groups in total. The second kappa shape index (κ2) is 6.52. The predicted molar refractivity (Wildman–Crippen MR) is 64.6 cm³/mol. The van der Waals surface area contributed by atoms with E-state index in [2.05, 4.69) is 10.5 Å². The highest BCUT2D eigenvalue weighted by Gasteiger charge is 2.03. The van der Waals surface area contributed by atoms with Crippen molar-refractivity contribution in [3.63, 3.8) is 0 Å². The molecule has 0 aliphatic rings. The van der Waals surface area contributed by atoms with Crippen LogP contribution in [0.4, 0.5) is 0 Å². The van der Waals surface area contributed by atoms with Crippen molar-refractivity contribution in [1.29, 1.82) is 0 Å². The highest BCUT2D eigenvalue weighted by Crippen LogP contribution is 2.13. The molecule has 0 aromatic heterocycles. The Hall–Kier alpha value is -2.04. The molecule has 0 atom stereocenters. The number of ether oxygens (including phenoxy) is 1. The first-order valence-electron chi connectivity index (χ1n) is 5.36. The molecular weight excluding hydrogens is 220 g/mol. The number of nitrogens with one attached hydrogen (secondary N) is 1. The van der Waals surface area contributed by atoms with Crippen molar-refractivity contribution in [2.45, 2.75) is 13.8 Å². The normalized spacial score (nSPS) is 11.1. The number of hydrogen-bond acceptors (Lipinski definition) is 4. The molecule has 0 aliphatic carbocycles. The van der Waals surface area contributed by atoms with Gasteiger partial charge < -0.3 is 15.3 Å². The van der Waals surface area contributed by atoms with E-state index in [9.17, 15) is 4.79 Å². The lowest BCUT2D eigenvalue weighted by Crippen LogP contribution is -2.28. The number of carbonyl (C=O) groups is 1.